The zero-order valence-corrected chi connectivity index (χ0v) is 11.4. The fourth-order valence-electron chi connectivity index (χ4n) is 1.90. The lowest BCUT2D eigenvalue weighted by atomic mass is 10.1. The summed E-state index contributed by atoms with van der Waals surface area (Å²) < 4.78 is 0. The fraction of sp³-hybridized carbons (Fsp3) is 0.571. The summed E-state index contributed by atoms with van der Waals surface area (Å²) in [5.41, 5.74) is 1.11. The summed E-state index contributed by atoms with van der Waals surface area (Å²) in [5, 5.41) is 12.4. The molecule has 0 amide bonds. The molecule has 0 aliphatic rings. The number of anilines is 1. The molecule has 100 valence electrons. The predicted octanol–water partition coefficient (Wildman–Crippen LogP) is 3.33. The van der Waals surface area contributed by atoms with Gasteiger partial charge in [-0.3, -0.25) is 0 Å². The summed E-state index contributed by atoms with van der Waals surface area (Å²) in [4.78, 5) is 15.5. The van der Waals surface area contributed by atoms with E-state index in [4.69, 9.17) is 5.11 Å². The van der Waals surface area contributed by atoms with E-state index in [-0.39, 0.29) is 0 Å². The second-order valence-electron chi connectivity index (χ2n) is 4.43. The maximum atomic E-state index is 11.0. The maximum Gasteiger partial charge on any atom is 0.335 e. The third-order valence-electron chi connectivity index (χ3n) is 2.97. The molecule has 1 heterocycles. The molecular formula is C14H22N2O2. The number of pyridine rings is 1. The van der Waals surface area contributed by atoms with Crippen LogP contribution in [0.5, 0.6) is 0 Å². The van der Waals surface area contributed by atoms with Gasteiger partial charge in [-0.1, -0.05) is 27.2 Å². The fourth-order valence-corrected chi connectivity index (χ4v) is 1.90. The first-order chi connectivity index (χ1) is 8.60. The standard InChI is InChI=1S/C14H22N2O2/c1-4-7-11(5-2)15-13-9-10(14(17)18)8-12(6-3)16-13/h8-9,11H,4-7H2,1-3H3,(H,15,16)(H,17,18). The van der Waals surface area contributed by atoms with Gasteiger partial charge in [0.2, 0.25) is 0 Å². The summed E-state index contributed by atoms with van der Waals surface area (Å²) in [7, 11) is 0. The number of hydrogen-bond acceptors (Lipinski definition) is 3. The summed E-state index contributed by atoms with van der Waals surface area (Å²) in [6.07, 6.45) is 3.91. The van der Waals surface area contributed by atoms with E-state index in [1.807, 2.05) is 6.92 Å². The van der Waals surface area contributed by atoms with Crippen molar-refractivity contribution in [3.05, 3.63) is 23.4 Å². The number of nitrogens with one attached hydrogen (secondary N) is 1. The highest BCUT2D eigenvalue weighted by Crippen LogP contribution is 2.15. The molecule has 1 atom stereocenters. The molecule has 0 saturated heterocycles. The van der Waals surface area contributed by atoms with Gasteiger partial charge >= 0.3 is 5.97 Å². The summed E-state index contributed by atoms with van der Waals surface area (Å²) in [6, 6.07) is 3.60. The molecule has 2 N–H and O–H groups in total. The van der Waals surface area contributed by atoms with Gasteiger partial charge in [-0.15, -0.1) is 0 Å². The minimum atomic E-state index is -0.904. The van der Waals surface area contributed by atoms with Crippen LogP contribution in [0.1, 0.15) is 56.1 Å². The van der Waals surface area contributed by atoms with Crippen LogP contribution >= 0.6 is 0 Å². The molecule has 0 fully saturated rings. The van der Waals surface area contributed by atoms with E-state index in [0.29, 0.717) is 17.4 Å². The van der Waals surface area contributed by atoms with Crippen molar-refractivity contribution in [3.63, 3.8) is 0 Å². The van der Waals surface area contributed by atoms with Crippen LogP contribution in [0.4, 0.5) is 5.82 Å². The van der Waals surface area contributed by atoms with Crippen LogP contribution in [0.3, 0.4) is 0 Å². The molecule has 1 rings (SSSR count). The van der Waals surface area contributed by atoms with Crippen LogP contribution in [0.2, 0.25) is 0 Å². The maximum absolute atomic E-state index is 11.0. The number of carboxylic acid groups (broad SMARTS) is 1. The Morgan fingerprint density at radius 1 is 1.39 bits per heavy atom. The molecule has 0 aromatic carbocycles. The Kier molecular flexibility index (Phi) is 5.62. The first-order valence-corrected chi connectivity index (χ1v) is 6.61. The highest BCUT2D eigenvalue weighted by atomic mass is 16.4. The first kappa shape index (κ1) is 14.5. The van der Waals surface area contributed by atoms with Gasteiger partial charge < -0.3 is 10.4 Å². The molecule has 4 heteroatoms. The predicted molar refractivity (Wildman–Crippen MR) is 73.2 cm³/mol. The van der Waals surface area contributed by atoms with E-state index in [1.54, 1.807) is 12.1 Å². The monoisotopic (exact) mass is 250 g/mol. The van der Waals surface area contributed by atoms with Crippen molar-refractivity contribution in [1.82, 2.24) is 4.98 Å². The molecular weight excluding hydrogens is 228 g/mol. The largest absolute Gasteiger partial charge is 0.478 e. The van der Waals surface area contributed by atoms with E-state index in [9.17, 15) is 4.79 Å². The molecule has 18 heavy (non-hydrogen) atoms. The zero-order chi connectivity index (χ0) is 13.5. The molecule has 0 aliphatic heterocycles. The Morgan fingerprint density at radius 2 is 2.11 bits per heavy atom. The smallest absolute Gasteiger partial charge is 0.335 e. The molecule has 0 spiro atoms. The van der Waals surface area contributed by atoms with Gasteiger partial charge in [0, 0.05) is 11.7 Å². The van der Waals surface area contributed by atoms with Crippen molar-refractivity contribution < 1.29 is 9.90 Å². The minimum absolute atomic E-state index is 0.302. The average Bonchev–Trinajstić information content (AvgIpc) is 2.37. The number of carbonyl (C=O) groups is 1. The molecule has 1 unspecified atom stereocenters. The number of aromatic nitrogens is 1. The number of rotatable bonds is 7. The number of aryl methyl sites for hydroxylation is 1. The Hall–Kier alpha value is -1.58. The highest BCUT2D eigenvalue weighted by Gasteiger charge is 2.10. The second kappa shape index (κ2) is 6.99. The van der Waals surface area contributed by atoms with Crippen LogP contribution in [-0.4, -0.2) is 22.1 Å². The highest BCUT2D eigenvalue weighted by molar-refractivity contribution is 5.88. The second-order valence-corrected chi connectivity index (χ2v) is 4.43. The third-order valence-corrected chi connectivity index (χ3v) is 2.97. The molecule has 0 radical (unpaired) electrons. The van der Waals surface area contributed by atoms with Crippen LogP contribution in [0.25, 0.3) is 0 Å². The van der Waals surface area contributed by atoms with E-state index in [1.165, 1.54) is 0 Å². The lowest BCUT2D eigenvalue weighted by Crippen LogP contribution is -2.19. The number of hydrogen-bond donors (Lipinski definition) is 2. The van der Waals surface area contributed by atoms with Crippen molar-refractivity contribution >= 4 is 11.8 Å². The van der Waals surface area contributed by atoms with Gasteiger partial charge in [-0.25, -0.2) is 9.78 Å². The first-order valence-electron chi connectivity index (χ1n) is 6.61. The Bertz CT molecular complexity index is 405. The van der Waals surface area contributed by atoms with Crippen molar-refractivity contribution in [2.75, 3.05) is 5.32 Å². The summed E-state index contributed by atoms with van der Waals surface area (Å²) in [6.45, 7) is 6.24. The average molecular weight is 250 g/mol. The molecule has 4 nitrogen and oxygen atoms in total. The Labute approximate surface area is 108 Å². The SMILES string of the molecule is CCCC(CC)Nc1cc(C(=O)O)cc(CC)n1. The molecule has 1 aromatic heterocycles. The lowest BCUT2D eigenvalue weighted by molar-refractivity contribution is 0.0696. The van der Waals surface area contributed by atoms with Crippen LogP contribution < -0.4 is 5.32 Å². The zero-order valence-electron chi connectivity index (χ0n) is 11.4. The third kappa shape index (κ3) is 4.02. The number of aromatic carboxylic acids is 1. The van der Waals surface area contributed by atoms with E-state index in [2.05, 4.69) is 24.1 Å². The van der Waals surface area contributed by atoms with Crippen molar-refractivity contribution in [3.8, 4) is 0 Å². The van der Waals surface area contributed by atoms with Gasteiger partial charge in [-0.2, -0.15) is 0 Å². The van der Waals surface area contributed by atoms with E-state index >= 15 is 0 Å². The van der Waals surface area contributed by atoms with Crippen LogP contribution in [0.15, 0.2) is 12.1 Å². The van der Waals surface area contributed by atoms with Gasteiger partial charge in [0.25, 0.3) is 0 Å². The van der Waals surface area contributed by atoms with Crippen molar-refractivity contribution in [1.29, 1.82) is 0 Å². The Balaban J connectivity index is 2.93. The normalized spacial score (nSPS) is 12.2. The topological polar surface area (TPSA) is 62.2 Å². The summed E-state index contributed by atoms with van der Waals surface area (Å²) >= 11 is 0. The van der Waals surface area contributed by atoms with Crippen molar-refractivity contribution in [2.45, 2.75) is 52.5 Å². The van der Waals surface area contributed by atoms with Gasteiger partial charge in [0.1, 0.15) is 5.82 Å². The molecule has 0 bridgehead atoms. The molecule has 0 saturated carbocycles. The van der Waals surface area contributed by atoms with E-state index in [0.717, 1.165) is 31.4 Å². The molecule has 0 aliphatic carbocycles. The molecule has 1 aromatic rings. The summed E-state index contributed by atoms with van der Waals surface area (Å²) in [5.74, 6) is -0.231. The number of nitrogens with zero attached hydrogens (tertiary/aromatic N) is 1. The van der Waals surface area contributed by atoms with Crippen LogP contribution in [0, 0.1) is 0 Å². The van der Waals surface area contributed by atoms with E-state index < -0.39 is 5.97 Å². The van der Waals surface area contributed by atoms with Crippen molar-refractivity contribution in [2.24, 2.45) is 0 Å². The van der Waals surface area contributed by atoms with Crippen LogP contribution in [-0.2, 0) is 6.42 Å². The number of carboxylic acids is 1. The minimum Gasteiger partial charge on any atom is -0.478 e. The lowest BCUT2D eigenvalue weighted by Gasteiger charge is -2.17. The quantitative estimate of drug-likeness (QED) is 0.779. The Morgan fingerprint density at radius 3 is 2.61 bits per heavy atom. The van der Waals surface area contributed by atoms with Gasteiger partial charge in [-0.05, 0) is 31.4 Å². The van der Waals surface area contributed by atoms with Gasteiger partial charge in [0.05, 0.1) is 5.56 Å². The van der Waals surface area contributed by atoms with Gasteiger partial charge in [0.15, 0.2) is 0 Å².